The third-order valence-corrected chi connectivity index (χ3v) is 10.8. The van der Waals surface area contributed by atoms with Gasteiger partial charge in [-0.1, -0.05) is 62.3 Å². The van der Waals surface area contributed by atoms with E-state index in [1.165, 1.54) is 19.3 Å². The van der Waals surface area contributed by atoms with Crippen LogP contribution in [0.4, 0.5) is 0 Å². The first kappa shape index (κ1) is 35.5. The molecule has 0 spiro atoms. The van der Waals surface area contributed by atoms with Crippen LogP contribution in [-0.2, 0) is 0 Å². The predicted molar refractivity (Wildman–Crippen MR) is 184 cm³/mol. The van der Waals surface area contributed by atoms with Crippen LogP contribution >= 0.6 is 0 Å². The molecule has 3 amide bonds. The molecule has 4 rings (SSSR count). The molecular weight excluding hydrogens is 558 g/mol. The van der Waals surface area contributed by atoms with Gasteiger partial charge in [-0.05, 0) is 128 Å². The summed E-state index contributed by atoms with van der Waals surface area (Å²) in [5.74, 6) is 2.50. The standard InChI is InChI=1S/C39H63N3O3/c1-25-10-28(19-37(4,5)16-25)22-40-34(43)31-13-32(35(44)41-23-29-11-26(2)17-38(6,7)20-29)15-33(14-31)36(45)42-24-30-12-27(3)18-39(8,9)21-30/h13-15,25-30H,10-12,16-24H2,1-9H3,(H,40,43)(H,41,44)(H,42,45). The van der Waals surface area contributed by atoms with Crippen molar-refractivity contribution in [2.75, 3.05) is 19.6 Å². The van der Waals surface area contributed by atoms with E-state index in [0.717, 1.165) is 38.5 Å². The van der Waals surface area contributed by atoms with Gasteiger partial charge in [0.15, 0.2) is 0 Å². The lowest BCUT2D eigenvalue weighted by Crippen LogP contribution is -2.37. The van der Waals surface area contributed by atoms with Gasteiger partial charge in [0, 0.05) is 36.3 Å². The molecule has 6 unspecified atom stereocenters. The maximum atomic E-state index is 13.5. The molecule has 252 valence electrons. The van der Waals surface area contributed by atoms with Crippen molar-refractivity contribution in [1.29, 1.82) is 0 Å². The largest absolute Gasteiger partial charge is 0.352 e. The van der Waals surface area contributed by atoms with E-state index in [1.807, 2.05) is 0 Å². The van der Waals surface area contributed by atoms with Gasteiger partial charge in [0.25, 0.3) is 17.7 Å². The van der Waals surface area contributed by atoms with Crippen molar-refractivity contribution in [3.05, 3.63) is 34.9 Å². The Morgan fingerprint density at radius 1 is 0.511 bits per heavy atom. The van der Waals surface area contributed by atoms with Crippen LogP contribution in [0.25, 0.3) is 0 Å². The molecule has 3 aliphatic rings. The number of amides is 3. The van der Waals surface area contributed by atoms with E-state index in [4.69, 9.17) is 0 Å². The molecule has 0 aromatic heterocycles. The van der Waals surface area contributed by atoms with Gasteiger partial charge in [-0.15, -0.1) is 0 Å². The fourth-order valence-corrected chi connectivity index (χ4v) is 10.1. The lowest BCUT2D eigenvalue weighted by atomic mass is 9.68. The summed E-state index contributed by atoms with van der Waals surface area (Å²) in [7, 11) is 0. The zero-order valence-electron chi connectivity index (χ0n) is 29.9. The van der Waals surface area contributed by atoms with E-state index in [9.17, 15) is 14.4 Å². The minimum atomic E-state index is -0.222. The van der Waals surface area contributed by atoms with Crippen LogP contribution < -0.4 is 16.0 Å². The molecule has 0 heterocycles. The highest BCUT2D eigenvalue weighted by atomic mass is 16.2. The molecule has 3 fully saturated rings. The Hall–Kier alpha value is -2.37. The second-order valence-corrected chi connectivity index (χ2v) is 18.3. The summed E-state index contributed by atoms with van der Waals surface area (Å²) < 4.78 is 0. The molecule has 1 aromatic rings. The van der Waals surface area contributed by atoms with Crippen LogP contribution in [0, 0.1) is 51.8 Å². The Morgan fingerprint density at radius 2 is 0.756 bits per heavy atom. The van der Waals surface area contributed by atoms with Crippen molar-refractivity contribution >= 4 is 17.7 Å². The number of carbonyl (C=O) groups excluding carboxylic acids is 3. The lowest BCUT2D eigenvalue weighted by molar-refractivity contribution is 0.0904. The monoisotopic (exact) mass is 621 g/mol. The zero-order chi connectivity index (χ0) is 33.2. The predicted octanol–water partition coefficient (Wildman–Crippen LogP) is 8.26. The summed E-state index contributed by atoms with van der Waals surface area (Å²) in [6.07, 6.45) is 10.2. The van der Waals surface area contributed by atoms with Crippen molar-refractivity contribution in [2.24, 2.45) is 51.8 Å². The molecule has 45 heavy (non-hydrogen) atoms. The number of benzene rings is 1. The van der Waals surface area contributed by atoms with Gasteiger partial charge < -0.3 is 16.0 Å². The second-order valence-electron chi connectivity index (χ2n) is 18.3. The van der Waals surface area contributed by atoms with Crippen LogP contribution in [0.3, 0.4) is 0 Å². The SMILES string of the molecule is CC1CC(CNC(=O)c2cc(C(=O)NCC3CC(C)CC(C)(C)C3)cc(C(=O)NCC3CC(C)CC(C)(C)C3)c2)CC(C)(C)C1. The lowest BCUT2D eigenvalue weighted by Gasteiger charge is -2.39. The van der Waals surface area contributed by atoms with Crippen LogP contribution in [0.1, 0.15) is 151 Å². The summed E-state index contributed by atoms with van der Waals surface area (Å²) in [5, 5.41) is 9.46. The minimum Gasteiger partial charge on any atom is -0.352 e. The second kappa shape index (κ2) is 14.2. The summed E-state index contributed by atoms with van der Waals surface area (Å²) >= 11 is 0. The molecule has 0 saturated heterocycles. The summed E-state index contributed by atoms with van der Waals surface area (Å²) in [6.45, 7) is 22.6. The van der Waals surface area contributed by atoms with Crippen LogP contribution in [0.15, 0.2) is 18.2 Å². The van der Waals surface area contributed by atoms with Gasteiger partial charge in [0.1, 0.15) is 0 Å². The normalized spacial score (nSPS) is 30.6. The number of hydrogen-bond donors (Lipinski definition) is 3. The average Bonchev–Trinajstić information content (AvgIpc) is 2.89. The van der Waals surface area contributed by atoms with E-state index >= 15 is 0 Å². The fourth-order valence-electron chi connectivity index (χ4n) is 10.1. The first-order chi connectivity index (χ1) is 20.9. The molecule has 3 saturated carbocycles. The topological polar surface area (TPSA) is 87.3 Å². The molecule has 6 heteroatoms. The highest BCUT2D eigenvalue weighted by Crippen LogP contribution is 2.43. The molecule has 6 atom stereocenters. The summed E-state index contributed by atoms with van der Waals surface area (Å²) in [5.41, 5.74) is 1.93. The van der Waals surface area contributed by atoms with Crippen LogP contribution in [0.5, 0.6) is 0 Å². The highest BCUT2D eigenvalue weighted by Gasteiger charge is 2.34. The molecule has 0 aliphatic heterocycles. The maximum Gasteiger partial charge on any atom is 0.251 e. The van der Waals surface area contributed by atoms with E-state index in [0.29, 0.717) is 71.8 Å². The Morgan fingerprint density at radius 3 is 0.978 bits per heavy atom. The number of hydrogen-bond acceptors (Lipinski definition) is 3. The van der Waals surface area contributed by atoms with Gasteiger partial charge >= 0.3 is 0 Å². The van der Waals surface area contributed by atoms with Gasteiger partial charge in [0.05, 0.1) is 0 Å². The molecule has 1 aromatic carbocycles. The number of rotatable bonds is 9. The first-order valence-corrected chi connectivity index (χ1v) is 17.9. The van der Waals surface area contributed by atoms with Crippen molar-refractivity contribution in [3.8, 4) is 0 Å². The molecular formula is C39H63N3O3. The van der Waals surface area contributed by atoms with Gasteiger partial charge in [-0.25, -0.2) is 0 Å². The van der Waals surface area contributed by atoms with Gasteiger partial charge in [-0.2, -0.15) is 0 Å². The number of nitrogens with one attached hydrogen (secondary N) is 3. The molecule has 0 radical (unpaired) electrons. The highest BCUT2D eigenvalue weighted by molar-refractivity contribution is 6.04. The smallest absolute Gasteiger partial charge is 0.251 e. The zero-order valence-corrected chi connectivity index (χ0v) is 29.9. The van der Waals surface area contributed by atoms with E-state index < -0.39 is 0 Å². The first-order valence-electron chi connectivity index (χ1n) is 17.9. The Bertz CT molecular complexity index is 1060. The quantitative estimate of drug-likeness (QED) is 0.259. The van der Waals surface area contributed by atoms with E-state index in [-0.39, 0.29) is 34.0 Å². The minimum absolute atomic E-state index is 0.222. The number of carbonyl (C=O) groups is 3. The molecule has 0 bridgehead atoms. The van der Waals surface area contributed by atoms with Crippen molar-refractivity contribution in [3.63, 3.8) is 0 Å². The van der Waals surface area contributed by atoms with Crippen molar-refractivity contribution < 1.29 is 14.4 Å². The summed E-state index contributed by atoms with van der Waals surface area (Å²) in [6, 6.07) is 4.98. The van der Waals surface area contributed by atoms with Crippen LogP contribution in [0.2, 0.25) is 0 Å². The molecule has 3 aliphatic carbocycles. The Labute approximate surface area is 274 Å². The Balaban J connectivity index is 1.48. The maximum absolute atomic E-state index is 13.5. The van der Waals surface area contributed by atoms with Crippen molar-refractivity contribution in [2.45, 2.75) is 120 Å². The van der Waals surface area contributed by atoms with Gasteiger partial charge in [-0.3, -0.25) is 14.4 Å². The van der Waals surface area contributed by atoms with Crippen molar-refractivity contribution in [1.82, 2.24) is 16.0 Å². The average molecular weight is 622 g/mol. The van der Waals surface area contributed by atoms with Crippen LogP contribution in [-0.4, -0.2) is 37.4 Å². The van der Waals surface area contributed by atoms with E-state index in [1.54, 1.807) is 18.2 Å². The Kier molecular flexibility index (Phi) is 11.2. The molecule has 6 nitrogen and oxygen atoms in total. The third-order valence-electron chi connectivity index (χ3n) is 10.8. The summed E-state index contributed by atoms with van der Waals surface area (Å²) in [4.78, 5) is 40.6. The fraction of sp³-hybridized carbons (Fsp3) is 0.769. The third kappa shape index (κ3) is 10.6. The van der Waals surface area contributed by atoms with Gasteiger partial charge in [0.2, 0.25) is 0 Å². The van der Waals surface area contributed by atoms with E-state index in [2.05, 4.69) is 78.3 Å². The molecule has 3 N–H and O–H groups in total.